The summed E-state index contributed by atoms with van der Waals surface area (Å²) in [6, 6.07) is 19.1. The third kappa shape index (κ3) is 4.41. The molecular formula is C26H33NO2. The Morgan fingerprint density at radius 2 is 1.86 bits per heavy atom. The molecule has 154 valence electrons. The van der Waals surface area contributed by atoms with Crippen molar-refractivity contribution >= 4 is 6.08 Å². The zero-order valence-electron chi connectivity index (χ0n) is 17.5. The first-order chi connectivity index (χ1) is 14.2. The zero-order chi connectivity index (χ0) is 20.1. The summed E-state index contributed by atoms with van der Waals surface area (Å²) >= 11 is 0. The minimum atomic E-state index is -0.540. The Morgan fingerprint density at radius 1 is 1.07 bits per heavy atom. The topological polar surface area (TPSA) is 32.7 Å². The summed E-state index contributed by atoms with van der Waals surface area (Å²) in [5, 5.41) is 11.5. The lowest BCUT2D eigenvalue weighted by Gasteiger charge is -2.52. The number of ether oxygens (including phenoxy) is 1. The molecule has 1 saturated carbocycles. The Hall–Kier alpha value is -2.10. The van der Waals surface area contributed by atoms with Gasteiger partial charge in [0.1, 0.15) is 5.75 Å². The predicted molar refractivity (Wildman–Crippen MR) is 119 cm³/mol. The Morgan fingerprint density at radius 3 is 2.69 bits per heavy atom. The molecule has 3 heteroatoms. The van der Waals surface area contributed by atoms with Crippen LogP contribution in [0.3, 0.4) is 0 Å². The highest BCUT2D eigenvalue weighted by molar-refractivity contribution is 5.49. The normalized spacial score (nSPS) is 27.7. The lowest BCUT2D eigenvalue weighted by Crippen LogP contribution is -2.54. The van der Waals surface area contributed by atoms with Crippen molar-refractivity contribution in [1.82, 2.24) is 4.90 Å². The van der Waals surface area contributed by atoms with Crippen LogP contribution in [0.2, 0.25) is 0 Å². The summed E-state index contributed by atoms with van der Waals surface area (Å²) in [5.74, 6) is 1.23. The number of aliphatic hydroxyl groups is 1. The van der Waals surface area contributed by atoms with E-state index in [1.807, 2.05) is 19.1 Å². The third-order valence-corrected chi connectivity index (χ3v) is 6.66. The third-order valence-electron chi connectivity index (χ3n) is 6.66. The average molecular weight is 392 g/mol. The summed E-state index contributed by atoms with van der Waals surface area (Å²) in [7, 11) is 0. The van der Waals surface area contributed by atoms with Gasteiger partial charge in [-0.05, 0) is 37.8 Å². The van der Waals surface area contributed by atoms with E-state index < -0.39 is 5.60 Å². The lowest BCUT2D eigenvalue weighted by molar-refractivity contribution is -0.122. The fourth-order valence-corrected chi connectivity index (χ4v) is 5.26. The van der Waals surface area contributed by atoms with E-state index in [1.165, 1.54) is 17.5 Å². The van der Waals surface area contributed by atoms with Gasteiger partial charge in [0.15, 0.2) is 0 Å². The van der Waals surface area contributed by atoms with Gasteiger partial charge in [0.25, 0.3) is 0 Å². The van der Waals surface area contributed by atoms with Crippen LogP contribution < -0.4 is 4.74 Å². The molecule has 0 unspecified atom stereocenters. The molecule has 1 aliphatic heterocycles. The Kier molecular flexibility index (Phi) is 6.37. The molecule has 0 bridgehead atoms. The van der Waals surface area contributed by atoms with E-state index in [0.29, 0.717) is 6.61 Å². The van der Waals surface area contributed by atoms with Gasteiger partial charge in [-0.25, -0.2) is 0 Å². The molecule has 2 fully saturated rings. The van der Waals surface area contributed by atoms with Crippen molar-refractivity contribution in [3.05, 3.63) is 71.8 Å². The van der Waals surface area contributed by atoms with Crippen LogP contribution in [-0.2, 0) is 0 Å². The molecule has 0 radical (unpaired) electrons. The number of hydrogen-bond donors (Lipinski definition) is 1. The minimum Gasteiger partial charge on any atom is -0.494 e. The van der Waals surface area contributed by atoms with Gasteiger partial charge in [-0.15, -0.1) is 0 Å². The van der Waals surface area contributed by atoms with Crippen LogP contribution in [0.15, 0.2) is 60.7 Å². The fourth-order valence-electron chi connectivity index (χ4n) is 5.26. The monoisotopic (exact) mass is 391 g/mol. The summed E-state index contributed by atoms with van der Waals surface area (Å²) < 4.78 is 6.00. The summed E-state index contributed by atoms with van der Waals surface area (Å²) in [6.45, 7) is 4.49. The minimum absolute atomic E-state index is 0.192. The standard InChI is InChI=1S/C26H33NO2/c1-2-29-24-16-7-6-14-22(24)25-23-15-8-9-17-26(23,28)18-20-27(25)19-10-13-21-11-4-3-5-12-21/h3-7,10-14,16,23,25,28H,2,8-9,15,17-20H2,1H3/t23-,25+,26+/m1/s1. The van der Waals surface area contributed by atoms with Crippen LogP contribution in [-0.4, -0.2) is 35.3 Å². The molecule has 2 aromatic carbocycles. The second kappa shape index (κ2) is 9.15. The highest BCUT2D eigenvalue weighted by atomic mass is 16.5. The first kappa shape index (κ1) is 20.2. The summed E-state index contributed by atoms with van der Waals surface area (Å²) in [5.41, 5.74) is 1.92. The first-order valence-corrected chi connectivity index (χ1v) is 11.1. The quantitative estimate of drug-likeness (QED) is 0.709. The molecule has 2 aliphatic rings. The van der Waals surface area contributed by atoms with Crippen LogP contribution in [0.5, 0.6) is 5.75 Å². The molecule has 0 amide bonds. The van der Waals surface area contributed by atoms with Gasteiger partial charge in [-0.2, -0.15) is 0 Å². The van der Waals surface area contributed by atoms with Gasteiger partial charge in [0.05, 0.1) is 12.2 Å². The molecule has 1 N–H and O–H groups in total. The summed E-state index contributed by atoms with van der Waals surface area (Å²) in [6.07, 6.45) is 9.68. The molecule has 3 nitrogen and oxygen atoms in total. The first-order valence-electron chi connectivity index (χ1n) is 11.1. The van der Waals surface area contributed by atoms with E-state index in [2.05, 4.69) is 59.5 Å². The molecule has 1 aliphatic carbocycles. The smallest absolute Gasteiger partial charge is 0.124 e. The van der Waals surface area contributed by atoms with Gasteiger partial charge < -0.3 is 9.84 Å². The molecule has 3 atom stereocenters. The molecule has 29 heavy (non-hydrogen) atoms. The van der Waals surface area contributed by atoms with Gasteiger partial charge in [-0.3, -0.25) is 4.90 Å². The molecule has 1 heterocycles. The van der Waals surface area contributed by atoms with Crippen LogP contribution in [0.1, 0.15) is 56.2 Å². The van der Waals surface area contributed by atoms with E-state index in [0.717, 1.165) is 44.5 Å². The van der Waals surface area contributed by atoms with Crippen molar-refractivity contribution in [2.24, 2.45) is 5.92 Å². The van der Waals surface area contributed by atoms with Gasteiger partial charge >= 0.3 is 0 Å². The van der Waals surface area contributed by atoms with Crippen molar-refractivity contribution in [3.8, 4) is 5.75 Å². The number of likely N-dealkylation sites (tertiary alicyclic amines) is 1. The molecular weight excluding hydrogens is 358 g/mol. The number of hydrogen-bond acceptors (Lipinski definition) is 3. The number of benzene rings is 2. The van der Waals surface area contributed by atoms with Gasteiger partial charge in [-0.1, -0.05) is 73.5 Å². The number of nitrogens with zero attached hydrogens (tertiary/aromatic N) is 1. The Balaban J connectivity index is 1.63. The van der Waals surface area contributed by atoms with Crippen molar-refractivity contribution < 1.29 is 9.84 Å². The Labute approximate surface area is 175 Å². The van der Waals surface area contributed by atoms with E-state index >= 15 is 0 Å². The average Bonchev–Trinajstić information content (AvgIpc) is 2.75. The number of para-hydroxylation sites is 1. The molecule has 2 aromatic rings. The van der Waals surface area contributed by atoms with Gasteiger partial charge in [0, 0.05) is 30.6 Å². The van der Waals surface area contributed by atoms with E-state index in [-0.39, 0.29) is 12.0 Å². The molecule has 1 saturated heterocycles. The molecule has 0 spiro atoms. The van der Waals surface area contributed by atoms with Crippen molar-refractivity contribution in [3.63, 3.8) is 0 Å². The van der Waals surface area contributed by atoms with Crippen molar-refractivity contribution in [1.29, 1.82) is 0 Å². The van der Waals surface area contributed by atoms with Crippen molar-refractivity contribution in [2.45, 2.75) is 50.7 Å². The maximum Gasteiger partial charge on any atom is 0.124 e. The molecule has 4 rings (SSSR count). The van der Waals surface area contributed by atoms with Gasteiger partial charge in [0.2, 0.25) is 0 Å². The largest absolute Gasteiger partial charge is 0.494 e. The maximum absolute atomic E-state index is 11.5. The van der Waals surface area contributed by atoms with Crippen LogP contribution >= 0.6 is 0 Å². The van der Waals surface area contributed by atoms with Crippen LogP contribution in [0, 0.1) is 5.92 Å². The van der Waals surface area contributed by atoms with Crippen LogP contribution in [0.25, 0.3) is 6.08 Å². The SMILES string of the molecule is CCOc1ccccc1[C@H]1[C@H]2CCCC[C@]2(O)CCN1CC=Cc1ccccc1. The second-order valence-corrected chi connectivity index (χ2v) is 8.43. The number of fused-ring (bicyclic) bond motifs is 1. The Bertz CT molecular complexity index is 818. The van der Waals surface area contributed by atoms with Crippen LogP contribution in [0.4, 0.5) is 0 Å². The highest BCUT2D eigenvalue weighted by Gasteiger charge is 2.49. The number of rotatable bonds is 6. The number of piperidine rings is 1. The van der Waals surface area contributed by atoms with E-state index in [9.17, 15) is 5.11 Å². The predicted octanol–water partition coefficient (Wildman–Crippen LogP) is 5.47. The molecule has 0 aromatic heterocycles. The highest BCUT2D eigenvalue weighted by Crippen LogP contribution is 2.50. The van der Waals surface area contributed by atoms with E-state index in [4.69, 9.17) is 4.74 Å². The fraction of sp³-hybridized carbons (Fsp3) is 0.462. The second-order valence-electron chi connectivity index (χ2n) is 8.43. The van der Waals surface area contributed by atoms with E-state index in [1.54, 1.807) is 0 Å². The maximum atomic E-state index is 11.5. The summed E-state index contributed by atoms with van der Waals surface area (Å²) in [4.78, 5) is 2.54. The zero-order valence-corrected chi connectivity index (χ0v) is 17.5. The lowest BCUT2D eigenvalue weighted by atomic mass is 9.66. The van der Waals surface area contributed by atoms with Crippen molar-refractivity contribution in [2.75, 3.05) is 19.7 Å².